The average molecular weight is 326 g/mol. The lowest BCUT2D eigenvalue weighted by molar-refractivity contribution is 0.413. The van der Waals surface area contributed by atoms with E-state index < -0.39 is 0 Å². The summed E-state index contributed by atoms with van der Waals surface area (Å²) in [6.07, 6.45) is 0. The van der Waals surface area contributed by atoms with Gasteiger partial charge in [-0.1, -0.05) is 12.1 Å². The zero-order chi connectivity index (χ0) is 13.8. The lowest BCUT2D eigenvalue weighted by atomic mass is 10.2. The van der Waals surface area contributed by atoms with Crippen molar-refractivity contribution in [2.45, 2.75) is 6.54 Å². The Labute approximate surface area is 119 Å². The monoisotopic (exact) mass is 325 g/mol. The lowest BCUT2D eigenvalue weighted by Gasteiger charge is -2.12. The first-order valence-electron chi connectivity index (χ1n) is 5.65. The molecule has 0 aliphatic rings. The van der Waals surface area contributed by atoms with E-state index in [-0.39, 0.29) is 11.6 Å². The van der Waals surface area contributed by atoms with Gasteiger partial charge in [0, 0.05) is 18.2 Å². The van der Waals surface area contributed by atoms with Gasteiger partial charge in [-0.05, 0) is 34.1 Å². The standard InChI is InChI=1S/C14H13BrFNO2/c1-19-13-7-10(16)5-6-12(13)17-8-9-3-2-4-11(15)14(9)18/h2-7,17-18H,8H2,1H3. The van der Waals surface area contributed by atoms with Crippen LogP contribution in [0.5, 0.6) is 11.5 Å². The maximum absolute atomic E-state index is 13.1. The number of halogens is 2. The SMILES string of the molecule is COc1cc(F)ccc1NCc1cccc(Br)c1O. The molecule has 2 N–H and O–H groups in total. The van der Waals surface area contributed by atoms with E-state index in [2.05, 4.69) is 21.2 Å². The van der Waals surface area contributed by atoms with Crippen molar-refractivity contribution in [2.75, 3.05) is 12.4 Å². The van der Waals surface area contributed by atoms with E-state index in [4.69, 9.17) is 4.74 Å². The van der Waals surface area contributed by atoms with E-state index >= 15 is 0 Å². The van der Waals surface area contributed by atoms with Gasteiger partial charge in [0.1, 0.15) is 17.3 Å². The molecular formula is C14H13BrFNO2. The molecule has 2 aromatic rings. The first kappa shape index (κ1) is 13.7. The molecular weight excluding hydrogens is 313 g/mol. The molecule has 0 heterocycles. The second-order valence-electron chi connectivity index (χ2n) is 3.95. The summed E-state index contributed by atoms with van der Waals surface area (Å²) >= 11 is 3.26. The molecule has 0 aliphatic carbocycles. The number of aromatic hydroxyl groups is 1. The number of rotatable bonds is 4. The quantitative estimate of drug-likeness (QED) is 0.895. The van der Waals surface area contributed by atoms with Crippen LogP contribution in [0.25, 0.3) is 0 Å². The van der Waals surface area contributed by atoms with Crippen molar-refractivity contribution in [1.29, 1.82) is 0 Å². The topological polar surface area (TPSA) is 41.5 Å². The van der Waals surface area contributed by atoms with Crippen LogP contribution in [-0.4, -0.2) is 12.2 Å². The van der Waals surface area contributed by atoms with Crippen LogP contribution in [0.4, 0.5) is 10.1 Å². The van der Waals surface area contributed by atoms with Crippen molar-refractivity contribution < 1.29 is 14.2 Å². The molecule has 0 atom stereocenters. The van der Waals surface area contributed by atoms with E-state index in [0.717, 1.165) is 5.56 Å². The number of hydrogen-bond acceptors (Lipinski definition) is 3. The molecule has 0 aliphatic heterocycles. The Kier molecular flexibility index (Phi) is 4.27. The maximum Gasteiger partial charge on any atom is 0.144 e. The second kappa shape index (κ2) is 5.93. The highest BCUT2D eigenvalue weighted by Crippen LogP contribution is 2.30. The average Bonchev–Trinajstić information content (AvgIpc) is 2.41. The summed E-state index contributed by atoms with van der Waals surface area (Å²) in [6, 6.07) is 9.67. The number of methoxy groups -OCH3 is 1. The van der Waals surface area contributed by atoms with Gasteiger partial charge in [-0.25, -0.2) is 4.39 Å². The maximum atomic E-state index is 13.1. The number of phenolic OH excluding ortho intramolecular Hbond substituents is 1. The molecule has 0 radical (unpaired) electrons. The molecule has 0 saturated heterocycles. The summed E-state index contributed by atoms with van der Waals surface area (Å²) in [7, 11) is 1.48. The van der Waals surface area contributed by atoms with E-state index in [9.17, 15) is 9.50 Å². The van der Waals surface area contributed by atoms with E-state index in [0.29, 0.717) is 22.5 Å². The highest BCUT2D eigenvalue weighted by molar-refractivity contribution is 9.10. The van der Waals surface area contributed by atoms with Crippen molar-refractivity contribution in [3.05, 3.63) is 52.3 Å². The zero-order valence-corrected chi connectivity index (χ0v) is 11.9. The number of nitrogens with one attached hydrogen (secondary N) is 1. The minimum atomic E-state index is -0.354. The minimum Gasteiger partial charge on any atom is -0.506 e. The molecule has 0 saturated carbocycles. The summed E-state index contributed by atoms with van der Waals surface area (Å²) in [6.45, 7) is 0.410. The van der Waals surface area contributed by atoms with Gasteiger partial charge >= 0.3 is 0 Å². The third-order valence-corrected chi connectivity index (χ3v) is 3.34. The summed E-state index contributed by atoms with van der Waals surface area (Å²) in [5, 5.41) is 13.0. The fourth-order valence-electron chi connectivity index (χ4n) is 1.70. The number of hydrogen-bond donors (Lipinski definition) is 2. The molecule has 0 aromatic heterocycles. The number of benzene rings is 2. The van der Waals surface area contributed by atoms with Gasteiger partial charge in [-0.2, -0.15) is 0 Å². The first-order valence-corrected chi connectivity index (χ1v) is 6.45. The van der Waals surface area contributed by atoms with Crippen LogP contribution in [0.3, 0.4) is 0 Å². The number of ether oxygens (including phenoxy) is 1. The molecule has 5 heteroatoms. The Hall–Kier alpha value is -1.75. The highest BCUT2D eigenvalue weighted by Gasteiger charge is 2.07. The van der Waals surface area contributed by atoms with Crippen molar-refractivity contribution >= 4 is 21.6 Å². The Balaban J connectivity index is 2.17. The van der Waals surface area contributed by atoms with E-state index in [1.807, 2.05) is 12.1 Å². The molecule has 0 bridgehead atoms. The first-order chi connectivity index (χ1) is 9.11. The van der Waals surface area contributed by atoms with Crippen LogP contribution in [0.2, 0.25) is 0 Å². The molecule has 0 unspecified atom stereocenters. The van der Waals surface area contributed by atoms with Gasteiger partial charge in [-0.15, -0.1) is 0 Å². The molecule has 100 valence electrons. The lowest BCUT2D eigenvalue weighted by Crippen LogP contribution is -2.02. The third kappa shape index (κ3) is 3.17. The molecule has 0 spiro atoms. The smallest absolute Gasteiger partial charge is 0.144 e. The Bertz CT molecular complexity index is 590. The summed E-state index contributed by atoms with van der Waals surface area (Å²) in [4.78, 5) is 0. The fourth-order valence-corrected chi connectivity index (χ4v) is 2.11. The van der Waals surface area contributed by atoms with E-state index in [1.54, 1.807) is 12.1 Å². The molecule has 19 heavy (non-hydrogen) atoms. The summed E-state index contributed by atoms with van der Waals surface area (Å²) < 4.78 is 18.8. The molecule has 2 aromatic carbocycles. The van der Waals surface area contributed by atoms with Crippen LogP contribution >= 0.6 is 15.9 Å². The van der Waals surface area contributed by atoms with Crippen molar-refractivity contribution in [1.82, 2.24) is 0 Å². The fraction of sp³-hybridized carbons (Fsp3) is 0.143. The van der Waals surface area contributed by atoms with Crippen LogP contribution in [-0.2, 0) is 6.54 Å². The predicted octanol–water partition coefficient (Wildman–Crippen LogP) is 3.91. The number of para-hydroxylation sites is 1. The predicted molar refractivity (Wildman–Crippen MR) is 76.1 cm³/mol. The van der Waals surface area contributed by atoms with Crippen LogP contribution < -0.4 is 10.1 Å². The van der Waals surface area contributed by atoms with Gasteiger partial charge in [0.05, 0.1) is 17.3 Å². The largest absolute Gasteiger partial charge is 0.506 e. The number of anilines is 1. The van der Waals surface area contributed by atoms with E-state index in [1.165, 1.54) is 19.2 Å². The van der Waals surface area contributed by atoms with Gasteiger partial charge < -0.3 is 15.2 Å². The van der Waals surface area contributed by atoms with Crippen molar-refractivity contribution in [2.24, 2.45) is 0 Å². The van der Waals surface area contributed by atoms with Gasteiger partial charge in [0.25, 0.3) is 0 Å². The normalized spacial score (nSPS) is 10.3. The van der Waals surface area contributed by atoms with Gasteiger partial charge in [0.15, 0.2) is 0 Å². The zero-order valence-electron chi connectivity index (χ0n) is 10.3. The summed E-state index contributed by atoms with van der Waals surface area (Å²) in [5.41, 5.74) is 1.41. The second-order valence-corrected chi connectivity index (χ2v) is 4.80. The third-order valence-electron chi connectivity index (χ3n) is 2.70. The van der Waals surface area contributed by atoms with Gasteiger partial charge in [0.2, 0.25) is 0 Å². The Morgan fingerprint density at radius 1 is 1.32 bits per heavy atom. The molecule has 3 nitrogen and oxygen atoms in total. The molecule has 0 fully saturated rings. The van der Waals surface area contributed by atoms with Crippen molar-refractivity contribution in [3.63, 3.8) is 0 Å². The van der Waals surface area contributed by atoms with Crippen LogP contribution in [0, 0.1) is 5.82 Å². The summed E-state index contributed by atoms with van der Waals surface area (Å²) in [5.74, 6) is 0.262. The van der Waals surface area contributed by atoms with Gasteiger partial charge in [-0.3, -0.25) is 0 Å². The van der Waals surface area contributed by atoms with Crippen molar-refractivity contribution in [3.8, 4) is 11.5 Å². The molecule has 2 rings (SSSR count). The highest BCUT2D eigenvalue weighted by atomic mass is 79.9. The Morgan fingerprint density at radius 3 is 2.84 bits per heavy atom. The van der Waals surface area contributed by atoms with Crippen LogP contribution in [0.1, 0.15) is 5.56 Å². The Morgan fingerprint density at radius 2 is 2.11 bits per heavy atom. The number of phenols is 1. The van der Waals surface area contributed by atoms with Crippen LogP contribution in [0.15, 0.2) is 40.9 Å². The molecule has 0 amide bonds. The minimum absolute atomic E-state index is 0.191.